The summed E-state index contributed by atoms with van der Waals surface area (Å²) in [6, 6.07) is 6.36. The highest BCUT2D eigenvalue weighted by atomic mass is 32.1. The number of nitrogens with one attached hydrogen (secondary N) is 1. The van der Waals surface area contributed by atoms with Gasteiger partial charge < -0.3 is 5.32 Å². The lowest BCUT2D eigenvalue weighted by atomic mass is 9.91. The highest BCUT2D eigenvalue weighted by Crippen LogP contribution is 2.31. The van der Waals surface area contributed by atoms with E-state index in [1.165, 1.54) is 37.7 Å². The van der Waals surface area contributed by atoms with E-state index in [2.05, 4.69) is 42.3 Å². The molecule has 7 heteroatoms. The zero-order valence-electron chi connectivity index (χ0n) is 26.0. The third-order valence-corrected chi connectivity index (χ3v) is 10.1. The minimum absolute atomic E-state index is 0.0350. The van der Waals surface area contributed by atoms with Gasteiger partial charge in [-0.3, -0.25) is 19.3 Å². The number of hydrogen-bond donors (Lipinski definition) is 1. The first-order chi connectivity index (χ1) is 20.3. The molecule has 2 heterocycles. The Bertz CT molecular complexity index is 1210. The summed E-state index contributed by atoms with van der Waals surface area (Å²) in [5, 5.41) is 4.25. The van der Waals surface area contributed by atoms with Crippen LogP contribution in [0.5, 0.6) is 0 Å². The lowest BCUT2D eigenvalue weighted by Crippen LogP contribution is -2.44. The highest BCUT2D eigenvalue weighted by molar-refractivity contribution is 7.18. The number of Topliss-reactive ketones (excluding diaryl/α,β-unsaturated/α-hetero) is 1. The van der Waals surface area contributed by atoms with Crippen molar-refractivity contribution in [1.82, 2.24) is 15.2 Å². The Labute approximate surface area is 256 Å². The van der Waals surface area contributed by atoms with Crippen LogP contribution in [-0.4, -0.2) is 53.0 Å². The third-order valence-electron chi connectivity index (χ3n) is 9.03. The number of carbonyl (C=O) groups excluding carboxylic acids is 3. The van der Waals surface area contributed by atoms with Crippen LogP contribution >= 0.6 is 11.3 Å². The van der Waals surface area contributed by atoms with E-state index in [0.29, 0.717) is 37.5 Å². The standard InChI is InChI=1S/C35H51N3O3S/c1-4-11-30(40)22-28(24-34-36-32-17-15-27(25(2)3)23-33(32)42-34)35(41)37-31(26-12-6-7-13-26)18-16-29(39)14-10-21-38-19-8-5-9-20-38/h10,14-15,17,23,25-26,28,31H,4-9,11-13,16,18-22,24H2,1-3H3,(H,37,41)/b14-10+/t28-,31+/m0/s1. The maximum Gasteiger partial charge on any atom is 0.224 e. The monoisotopic (exact) mass is 593 g/mol. The summed E-state index contributed by atoms with van der Waals surface area (Å²) < 4.78 is 1.13. The molecule has 0 bridgehead atoms. The maximum absolute atomic E-state index is 13.8. The molecule has 2 fully saturated rings. The highest BCUT2D eigenvalue weighted by Gasteiger charge is 2.30. The predicted octanol–water partition coefficient (Wildman–Crippen LogP) is 7.40. The molecule has 1 aromatic carbocycles. The molecule has 0 spiro atoms. The Morgan fingerprint density at radius 3 is 2.55 bits per heavy atom. The first kappa shape index (κ1) is 32.5. The SMILES string of the molecule is CCCC(=O)C[C@@H](Cc1nc2ccc(C(C)C)cc2s1)C(=O)N[C@H](CCC(=O)/C=C/CN1CCCCC1)C1CCCC1. The van der Waals surface area contributed by atoms with E-state index in [1.807, 2.05) is 13.0 Å². The molecule has 1 N–H and O–H groups in total. The molecule has 2 aliphatic rings. The van der Waals surface area contributed by atoms with Gasteiger partial charge in [-0.05, 0) is 87.2 Å². The van der Waals surface area contributed by atoms with Crippen molar-refractivity contribution in [3.8, 4) is 0 Å². The van der Waals surface area contributed by atoms with Crippen molar-refractivity contribution in [2.75, 3.05) is 19.6 Å². The van der Waals surface area contributed by atoms with Gasteiger partial charge in [0.15, 0.2) is 5.78 Å². The second kappa shape index (κ2) is 16.5. The van der Waals surface area contributed by atoms with Gasteiger partial charge >= 0.3 is 0 Å². The number of allylic oxidation sites excluding steroid dienone is 1. The van der Waals surface area contributed by atoms with Gasteiger partial charge in [0.1, 0.15) is 5.78 Å². The summed E-state index contributed by atoms with van der Waals surface area (Å²) in [5.41, 5.74) is 2.23. The maximum atomic E-state index is 13.8. The van der Waals surface area contributed by atoms with Crippen molar-refractivity contribution in [2.45, 2.75) is 116 Å². The van der Waals surface area contributed by atoms with Gasteiger partial charge in [-0.1, -0.05) is 52.2 Å². The minimum atomic E-state index is -0.446. The van der Waals surface area contributed by atoms with Gasteiger partial charge in [0.2, 0.25) is 5.91 Å². The Morgan fingerprint density at radius 2 is 1.83 bits per heavy atom. The van der Waals surface area contributed by atoms with Gasteiger partial charge in [0.05, 0.1) is 21.1 Å². The van der Waals surface area contributed by atoms with Crippen LogP contribution in [-0.2, 0) is 20.8 Å². The molecular formula is C35H51N3O3S. The fourth-order valence-corrected chi connectivity index (χ4v) is 7.60. The van der Waals surface area contributed by atoms with Crippen molar-refractivity contribution in [1.29, 1.82) is 0 Å². The summed E-state index contributed by atoms with van der Waals surface area (Å²) in [7, 11) is 0. The Hall–Kier alpha value is -2.38. The second-order valence-electron chi connectivity index (χ2n) is 12.8. The van der Waals surface area contributed by atoms with Crippen molar-refractivity contribution < 1.29 is 14.4 Å². The topological polar surface area (TPSA) is 79.4 Å². The zero-order chi connectivity index (χ0) is 29.9. The van der Waals surface area contributed by atoms with E-state index < -0.39 is 5.92 Å². The van der Waals surface area contributed by atoms with Crippen molar-refractivity contribution in [2.24, 2.45) is 11.8 Å². The van der Waals surface area contributed by atoms with Crippen LogP contribution in [0, 0.1) is 11.8 Å². The molecule has 2 aromatic rings. The molecule has 0 unspecified atom stereocenters. The molecule has 0 radical (unpaired) electrons. The van der Waals surface area contributed by atoms with E-state index >= 15 is 0 Å². The first-order valence-corrected chi connectivity index (χ1v) is 17.3. The van der Waals surface area contributed by atoms with Gasteiger partial charge in [-0.15, -0.1) is 11.3 Å². The molecule has 230 valence electrons. The Morgan fingerprint density at radius 1 is 1.07 bits per heavy atom. The number of likely N-dealkylation sites (tertiary alicyclic amines) is 1. The Balaban J connectivity index is 1.41. The molecule has 42 heavy (non-hydrogen) atoms. The van der Waals surface area contributed by atoms with E-state index in [1.54, 1.807) is 17.4 Å². The van der Waals surface area contributed by atoms with Crippen LogP contribution in [0.3, 0.4) is 0 Å². The Kier molecular flexibility index (Phi) is 12.8. The summed E-state index contributed by atoms with van der Waals surface area (Å²) >= 11 is 1.63. The quantitative estimate of drug-likeness (QED) is 0.205. The number of aromatic nitrogens is 1. The molecule has 1 aliphatic carbocycles. The molecule has 1 saturated heterocycles. The molecule has 1 aliphatic heterocycles. The predicted molar refractivity (Wildman–Crippen MR) is 173 cm³/mol. The van der Waals surface area contributed by atoms with Crippen molar-refractivity contribution in [3.05, 3.63) is 40.9 Å². The van der Waals surface area contributed by atoms with Gasteiger partial charge in [0.25, 0.3) is 0 Å². The molecule has 6 nitrogen and oxygen atoms in total. The van der Waals surface area contributed by atoms with E-state index in [4.69, 9.17) is 4.98 Å². The number of fused-ring (bicyclic) bond motifs is 1. The van der Waals surface area contributed by atoms with Crippen LogP contribution < -0.4 is 5.32 Å². The summed E-state index contributed by atoms with van der Waals surface area (Å²) in [6.45, 7) is 9.44. The van der Waals surface area contributed by atoms with E-state index in [0.717, 1.165) is 54.1 Å². The first-order valence-electron chi connectivity index (χ1n) is 16.5. The normalized spacial score (nSPS) is 18.2. The molecule has 1 aromatic heterocycles. The number of piperidine rings is 1. The van der Waals surface area contributed by atoms with Crippen LogP contribution in [0.4, 0.5) is 0 Å². The number of hydrogen-bond acceptors (Lipinski definition) is 6. The van der Waals surface area contributed by atoms with E-state index in [9.17, 15) is 14.4 Å². The van der Waals surface area contributed by atoms with Crippen LogP contribution in [0.15, 0.2) is 30.4 Å². The summed E-state index contributed by atoms with van der Waals surface area (Å²) in [4.78, 5) is 46.6. The lowest BCUT2D eigenvalue weighted by Gasteiger charge is -2.27. The van der Waals surface area contributed by atoms with Crippen molar-refractivity contribution >= 4 is 39.0 Å². The number of carbonyl (C=O) groups is 3. The van der Waals surface area contributed by atoms with Gasteiger partial charge in [-0.2, -0.15) is 0 Å². The fourth-order valence-electron chi connectivity index (χ4n) is 6.50. The van der Waals surface area contributed by atoms with Crippen molar-refractivity contribution in [3.63, 3.8) is 0 Å². The second-order valence-corrected chi connectivity index (χ2v) is 13.9. The minimum Gasteiger partial charge on any atom is -0.353 e. The lowest BCUT2D eigenvalue weighted by molar-refractivity contribution is -0.130. The van der Waals surface area contributed by atoms with Gasteiger partial charge in [-0.25, -0.2) is 4.98 Å². The molecular weight excluding hydrogens is 542 g/mol. The molecule has 1 amide bonds. The zero-order valence-corrected chi connectivity index (χ0v) is 26.9. The number of amides is 1. The van der Waals surface area contributed by atoms with E-state index in [-0.39, 0.29) is 29.9 Å². The molecule has 1 saturated carbocycles. The fraction of sp³-hybridized carbons (Fsp3) is 0.657. The number of ketones is 2. The average molecular weight is 594 g/mol. The number of rotatable bonds is 16. The average Bonchev–Trinajstić information content (AvgIpc) is 3.65. The largest absolute Gasteiger partial charge is 0.353 e. The van der Waals surface area contributed by atoms with Crippen LogP contribution in [0.1, 0.15) is 114 Å². The summed E-state index contributed by atoms with van der Waals surface area (Å²) in [5.74, 6) is 0.587. The summed E-state index contributed by atoms with van der Waals surface area (Å²) in [6.07, 6.45) is 15.1. The number of nitrogens with zero attached hydrogens (tertiary/aromatic N) is 2. The number of thiazole rings is 1. The van der Waals surface area contributed by atoms with Gasteiger partial charge in [0, 0.05) is 38.3 Å². The van der Waals surface area contributed by atoms with Crippen LogP contribution in [0.2, 0.25) is 0 Å². The molecule has 4 rings (SSSR count). The third kappa shape index (κ3) is 9.84. The smallest absolute Gasteiger partial charge is 0.224 e. The molecule has 2 atom stereocenters. The van der Waals surface area contributed by atoms with Crippen LogP contribution in [0.25, 0.3) is 10.2 Å². The number of benzene rings is 1.